The van der Waals surface area contributed by atoms with Crippen molar-refractivity contribution in [2.75, 3.05) is 33.3 Å². The third-order valence-corrected chi connectivity index (χ3v) is 5.24. The van der Waals surface area contributed by atoms with Crippen molar-refractivity contribution < 1.29 is 9.53 Å². The molecule has 0 aliphatic carbocycles. The number of ether oxygens (including phenoxy) is 1. The number of methoxy groups -OCH3 is 1. The Balaban J connectivity index is 1.67. The number of rotatable bonds is 4. The van der Waals surface area contributed by atoms with Gasteiger partial charge in [-0.1, -0.05) is 35.3 Å². The Morgan fingerprint density at radius 1 is 1.11 bits per heavy atom. The van der Waals surface area contributed by atoms with Crippen LogP contribution in [0.3, 0.4) is 0 Å². The number of nitriles is 1. The number of nitrogens with zero attached hydrogens (tertiary/aromatic N) is 3. The molecule has 0 radical (unpaired) electrons. The van der Waals surface area contributed by atoms with Crippen LogP contribution >= 0.6 is 23.2 Å². The molecule has 7 heteroatoms. The van der Waals surface area contributed by atoms with Crippen LogP contribution in [0.4, 0.5) is 0 Å². The summed E-state index contributed by atoms with van der Waals surface area (Å²) >= 11 is 12.1. The molecular formula is C20H19Cl2N3O2. The lowest BCUT2D eigenvalue weighted by atomic mass is 10.1. The van der Waals surface area contributed by atoms with Crippen LogP contribution in [0, 0.1) is 11.3 Å². The monoisotopic (exact) mass is 403 g/mol. The zero-order valence-corrected chi connectivity index (χ0v) is 16.4. The predicted octanol–water partition coefficient (Wildman–Crippen LogP) is 4.02. The van der Waals surface area contributed by atoms with Gasteiger partial charge in [0.05, 0.1) is 23.8 Å². The van der Waals surface area contributed by atoms with Crippen LogP contribution in [-0.4, -0.2) is 49.0 Å². The highest BCUT2D eigenvalue weighted by molar-refractivity contribution is 6.35. The van der Waals surface area contributed by atoms with Gasteiger partial charge in [-0.3, -0.25) is 9.69 Å². The minimum atomic E-state index is -0.358. The number of benzene rings is 2. The molecule has 0 saturated carbocycles. The van der Waals surface area contributed by atoms with Crippen LogP contribution in [-0.2, 0) is 0 Å². The first-order chi connectivity index (χ1) is 13.0. The third kappa shape index (κ3) is 4.36. The number of piperazine rings is 1. The standard InChI is InChI=1S/C20H19Cl2N3O2/c1-27-16-5-2-14(3-6-16)19(13-23)24-8-10-25(11-9-24)20(26)17-12-15(21)4-7-18(17)22/h2-7,12,19H,8-11H2,1H3. The maximum Gasteiger partial charge on any atom is 0.255 e. The number of carbonyl (C=O) groups excluding carboxylic acids is 1. The van der Waals surface area contributed by atoms with Gasteiger partial charge in [-0.25, -0.2) is 0 Å². The zero-order valence-electron chi connectivity index (χ0n) is 14.9. The molecule has 1 heterocycles. The van der Waals surface area contributed by atoms with Crippen LogP contribution in [0.15, 0.2) is 42.5 Å². The minimum Gasteiger partial charge on any atom is -0.497 e. The van der Waals surface area contributed by atoms with Gasteiger partial charge in [-0.05, 0) is 35.9 Å². The van der Waals surface area contributed by atoms with Crippen molar-refractivity contribution in [3.63, 3.8) is 0 Å². The van der Waals surface area contributed by atoms with Crippen molar-refractivity contribution in [3.05, 3.63) is 63.6 Å². The van der Waals surface area contributed by atoms with Crippen LogP contribution < -0.4 is 4.74 Å². The fourth-order valence-corrected chi connectivity index (χ4v) is 3.54. The van der Waals surface area contributed by atoms with E-state index in [0.29, 0.717) is 41.8 Å². The number of hydrogen-bond acceptors (Lipinski definition) is 4. The van der Waals surface area contributed by atoms with E-state index >= 15 is 0 Å². The van der Waals surface area contributed by atoms with E-state index in [1.165, 1.54) is 0 Å². The number of halogens is 2. The Morgan fingerprint density at radius 2 is 1.78 bits per heavy atom. The molecule has 1 aliphatic rings. The van der Waals surface area contributed by atoms with E-state index in [-0.39, 0.29) is 11.9 Å². The summed E-state index contributed by atoms with van der Waals surface area (Å²) in [6, 6.07) is 14.4. The van der Waals surface area contributed by atoms with Gasteiger partial charge < -0.3 is 9.64 Å². The molecule has 3 rings (SSSR count). The van der Waals surface area contributed by atoms with E-state index in [0.717, 1.165) is 11.3 Å². The maximum atomic E-state index is 12.7. The lowest BCUT2D eigenvalue weighted by molar-refractivity contribution is 0.0606. The predicted molar refractivity (Wildman–Crippen MR) is 105 cm³/mol. The third-order valence-electron chi connectivity index (χ3n) is 4.68. The second-order valence-electron chi connectivity index (χ2n) is 6.26. The molecule has 1 unspecified atom stereocenters. The molecule has 5 nitrogen and oxygen atoms in total. The topological polar surface area (TPSA) is 56.6 Å². The summed E-state index contributed by atoms with van der Waals surface area (Å²) in [5, 5.41) is 10.5. The van der Waals surface area contributed by atoms with E-state index in [1.807, 2.05) is 24.3 Å². The van der Waals surface area contributed by atoms with Crippen LogP contribution in [0.1, 0.15) is 22.0 Å². The van der Waals surface area contributed by atoms with Crippen molar-refractivity contribution in [2.45, 2.75) is 6.04 Å². The molecule has 2 aromatic rings. The van der Waals surface area contributed by atoms with Crippen molar-refractivity contribution in [1.29, 1.82) is 5.26 Å². The van der Waals surface area contributed by atoms with E-state index in [1.54, 1.807) is 30.2 Å². The fourth-order valence-electron chi connectivity index (χ4n) is 3.17. The normalized spacial score (nSPS) is 15.9. The van der Waals surface area contributed by atoms with Gasteiger partial charge in [0.15, 0.2) is 0 Å². The van der Waals surface area contributed by atoms with Gasteiger partial charge in [-0.15, -0.1) is 0 Å². The molecule has 140 valence electrons. The lowest BCUT2D eigenvalue weighted by Crippen LogP contribution is -2.49. The molecule has 1 amide bonds. The molecule has 1 saturated heterocycles. The summed E-state index contributed by atoms with van der Waals surface area (Å²) in [5.41, 5.74) is 1.32. The first-order valence-corrected chi connectivity index (χ1v) is 9.31. The summed E-state index contributed by atoms with van der Waals surface area (Å²) < 4.78 is 5.17. The van der Waals surface area contributed by atoms with E-state index in [9.17, 15) is 10.1 Å². The Hall–Kier alpha value is -2.26. The summed E-state index contributed by atoms with van der Waals surface area (Å²) in [6.45, 7) is 2.26. The molecule has 0 N–H and O–H groups in total. The second kappa shape index (κ2) is 8.62. The fraction of sp³-hybridized carbons (Fsp3) is 0.300. The highest BCUT2D eigenvalue weighted by Crippen LogP contribution is 2.26. The molecule has 0 aromatic heterocycles. The Morgan fingerprint density at radius 3 is 2.37 bits per heavy atom. The van der Waals surface area contributed by atoms with Crippen LogP contribution in [0.5, 0.6) is 5.75 Å². The van der Waals surface area contributed by atoms with Crippen LogP contribution in [0.2, 0.25) is 10.0 Å². The molecule has 1 atom stereocenters. The molecule has 0 spiro atoms. The van der Waals surface area contributed by atoms with Gasteiger partial charge >= 0.3 is 0 Å². The quantitative estimate of drug-likeness (QED) is 0.773. The summed E-state index contributed by atoms with van der Waals surface area (Å²) in [4.78, 5) is 16.6. The molecule has 1 fully saturated rings. The first kappa shape index (κ1) is 19.5. The largest absolute Gasteiger partial charge is 0.497 e. The van der Waals surface area contributed by atoms with E-state index in [2.05, 4.69) is 11.0 Å². The molecule has 27 heavy (non-hydrogen) atoms. The van der Waals surface area contributed by atoms with Crippen molar-refractivity contribution in [2.24, 2.45) is 0 Å². The molecular weight excluding hydrogens is 385 g/mol. The Bertz CT molecular complexity index is 857. The molecule has 1 aliphatic heterocycles. The van der Waals surface area contributed by atoms with Gasteiger partial charge in [0.1, 0.15) is 11.8 Å². The molecule has 2 aromatic carbocycles. The summed E-state index contributed by atoms with van der Waals surface area (Å²) in [6.07, 6.45) is 0. The van der Waals surface area contributed by atoms with Crippen molar-refractivity contribution >= 4 is 29.1 Å². The van der Waals surface area contributed by atoms with Crippen LogP contribution in [0.25, 0.3) is 0 Å². The van der Waals surface area contributed by atoms with E-state index < -0.39 is 0 Å². The first-order valence-electron chi connectivity index (χ1n) is 8.55. The average Bonchev–Trinajstić information content (AvgIpc) is 2.71. The van der Waals surface area contributed by atoms with Gasteiger partial charge in [0.25, 0.3) is 5.91 Å². The SMILES string of the molecule is COc1ccc(C(C#N)N2CCN(C(=O)c3cc(Cl)ccc3Cl)CC2)cc1. The Kier molecular flexibility index (Phi) is 6.22. The number of carbonyl (C=O) groups is 1. The van der Waals surface area contributed by atoms with Gasteiger partial charge in [0.2, 0.25) is 0 Å². The van der Waals surface area contributed by atoms with Gasteiger partial charge in [0, 0.05) is 31.2 Å². The molecule has 0 bridgehead atoms. The second-order valence-corrected chi connectivity index (χ2v) is 7.10. The van der Waals surface area contributed by atoms with Gasteiger partial charge in [-0.2, -0.15) is 5.26 Å². The van der Waals surface area contributed by atoms with E-state index in [4.69, 9.17) is 27.9 Å². The highest BCUT2D eigenvalue weighted by atomic mass is 35.5. The Labute approximate surface area is 168 Å². The highest BCUT2D eigenvalue weighted by Gasteiger charge is 2.28. The smallest absolute Gasteiger partial charge is 0.255 e. The van der Waals surface area contributed by atoms with Crippen molar-refractivity contribution in [3.8, 4) is 11.8 Å². The minimum absolute atomic E-state index is 0.139. The van der Waals surface area contributed by atoms with Crippen molar-refractivity contribution in [1.82, 2.24) is 9.80 Å². The number of hydrogen-bond donors (Lipinski definition) is 0. The average molecular weight is 404 g/mol. The zero-order chi connectivity index (χ0) is 19.4. The lowest BCUT2D eigenvalue weighted by Gasteiger charge is -2.37. The number of amides is 1. The maximum absolute atomic E-state index is 12.7. The summed E-state index contributed by atoms with van der Waals surface area (Å²) in [7, 11) is 1.61. The summed E-state index contributed by atoms with van der Waals surface area (Å²) in [5.74, 6) is 0.615.